The van der Waals surface area contributed by atoms with E-state index in [1.54, 1.807) is 30.2 Å². The first kappa shape index (κ1) is 15.5. The molecule has 0 atom stereocenters. The fourth-order valence-electron chi connectivity index (χ4n) is 2.35. The molecule has 6 heteroatoms. The predicted octanol–water partition coefficient (Wildman–Crippen LogP) is 3.65. The molecule has 1 fully saturated rings. The van der Waals surface area contributed by atoms with Crippen LogP contribution in [0.3, 0.4) is 0 Å². The summed E-state index contributed by atoms with van der Waals surface area (Å²) < 4.78 is 0. The zero-order valence-electron chi connectivity index (χ0n) is 12.2. The Morgan fingerprint density at radius 2 is 1.87 bits per heavy atom. The summed E-state index contributed by atoms with van der Waals surface area (Å²) in [5, 5.41) is 10.8. The van der Waals surface area contributed by atoms with Gasteiger partial charge in [0.15, 0.2) is 5.11 Å². The molecule has 0 saturated carbocycles. The fourth-order valence-corrected chi connectivity index (χ4v) is 2.82. The van der Waals surface area contributed by atoms with Crippen molar-refractivity contribution < 1.29 is 9.90 Å². The van der Waals surface area contributed by atoms with Crippen LogP contribution in [0.4, 0.5) is 5.69 Å². The molecule has 1 amide bonds. The van der Waals surface area contributed by atoms with Gasteiger partial charge in [0.1, 0.15) is 11.4 Å². The van der Waals surface area contributed by atoms with E-state index in [-0.39, 0.29) is 11.7 Å². The van der Waals surface area contributed by atoms with Crippen molar-refractivity contribution in [3.63, 3.8) is 0 Å². The molecule has 0 aromatic heterocycles. The number of carbonyl (C=O) groups excluding carboxylic acids is 1. The van der Waals surface area contributed by atoms with Crippen LogP contribution in [0.1, 0.15) is 5.56 Å². The van der Waals surface area contributed by atoms with Crippen molar-refractivity contribution in [3.8, 4) is 5.75 Å². The predicted molar refractivity (Wildman–Crippen MR) is 95.4 cm³/mol. The monoisotopic (exact) mass is 344 g/mol. The largest absolute Gasteiger partial charge is 0.507 e. The van der Waals surface area contributed by atoms with E-state index in [2.05, 4.69) is 0 Å². The second-order valence-corrected chi connectivity index (χ2v) is 5.85. The molecule has 1 heterocycles. The number of benzene rings is 2. The number of anilines is 1. The quantitative estimate of drug-likeness (QED) is 0.667. The van der Waals surface area contributed by atoms with Crippen molar-refractivity contribution in [1.82, 2.24) is 4.90 Å². The number of nitrogens with zero attached hydrogens (tertiary/aromatic N) is 2. The van der Waals surface area contributed by atoms with Crippen LogP contribution in [-0.2, 0) is 4.79 Å². The molecule has 0 bridgehead atoms. The molecule has 0 radical (unpaired) electrons. The Hall–Kier alpha value is -2.37. The van der Waals surface area contributed by atoms with E-state index in [4.69, 9.17) is 23.8 Å². The molecular formula is C17H13ClN2O2S. The van der Waals surface area contributed by atoms with Gasteiger partial charge in [-0.3, -0.25) is 9.69 Å². The van der Waals surface area contributed by atoms with E-state index < -0.39 is 0 Å². The van der Waals surface area contributed by atoms with Crippen molar-refractivity contribution in [1.29, 1.82) is 0 Å². The normalized spacial score (nSPS) is 16.5. The number of aromatic hydroxyl groups is 1. The number of hydrogen-bond acceptors (Lipinski definition) is 3. The van der Waals surface area contributed by atoms with Crippen LogP contribution in [0.2, 0.25) is 5.02 Å². The van der Waals surface area contributed by atoms with E-state index in [1.165, 1.54) is 11.0 Å². The molecule has 2 aromatic carbocycles. The third-order valence-corrected chi connectivity index (χ3v) is 4.25. The number of phenolic OH excluding ortho intramolecular Hbond substituents is 1. The van der Waals surface area contributed by atoms with Gasteiger partial charge in [-0.05, 0) is 48.6 Å². The molecule has 3 rings (SSSR count). The van der Waals surface area contributed by atoms with Crippen molar-refractivity contribution in [2.24, 2.45) is 0 Å². The van der Waals surface area contributed by atoms with Crippen molar-refractivity contribution in [2.45, 2.75) is 0 Å². The summed E-state index contributed by atoms with van der Waals surface area (Å²) in [6.07, 6.45) is 1.58. The summed E-state index contributed by atoms with van der Waals surface area (Å²) in [5.74, 6) is -0.199. The highest BCUT2D eigenvalue weighted by molar-refractivity contribution is 7.80. The lowest BCUT2D eigenvalue weighted by Crippen LogP contribution is -2.30. The average Bonchev–Trinajstić information content (AvgIpc) is 2.75. The van der Waals surface area contributed by atoms with Gasteiger partial charge in [0.2, 0.25) is 0 Å². The van der Waals surface area contributed by atoms with Crippen LogP contribution in [0, 0.1) is 0 Å². The number of amides is 1. The second kappa shape index (κ2) is 6.02. The minimum absolute atomic E-state index is 0.0483. The van der Waals surface area contributed by atoms with Gasteiger partial charge in [-0.25, -0.2) is 0 Å². The molecule has 1 N–H and O–H groups in total. The highest BCUT2D eigenvalue weighted by Gasteiger charge is 2.36. The van der Waals surface area contributed by atoms with Gasteiger partial charge in [-0.1, -0.05) is 29.8 Å². The molecule has 116 valence electrons. The number of phenols is 1. The molecule has 23 heavy (non-hydrogen) atoms. The van der Waals surface area contributed by atoms with Crippen LogP contribution in [0.25, 0.3) is 6.08 Å². The van der Waals surface area contributed by atoms with E-state index in [0.29, 0.717) is 27.1 Å². The van der Waals surface area contributed by atoms with Gasteiger partial charge in [0.05, 0.1) is 5.69 Å². The van der Waals surface area contributed by atoms with E-state index in [9.17, 15) is 9.90 Å². The third kappa shape index (κ3) is 2.81. The molecule has 1 aliphatic rings. The van der Waals surface area contributed by atoms with Crippen molar-refractivity contribution in [2.75, 3.05) is 11.9 Å². The summed E-state index contributed by atoms with van der Waals surface area (Å²) in [6.45, 7) is 0. The molecule has 1 saturated heterocycles. The van der Waals surface area contributed by atoms with Crippen LogP contribution >= 0.6 is 23.8 Å². The van der Waals surface area contributed by atoms with E-state index in [1.807, 2.05) is 30.3 Å². The van der Waals surface area contributed by atoms with Crippen molar-refractivity contribution >= 4 is 46.6 Å². The summed E-state index contributed by atoms with van der Waals surface area (Å²) >= 11 is 11.3. The lowest BCUT2D eigenvalue weighted by molar-refractivity contribution is -0.114. The van der Waals surface area contributed by atoms with Crippen LogP contribution < -0.4 is 4.90 Å². The van der Waals surface area contributed by atoms with E-state index in [0.717, 1.165) is 0 Å². The van der Waals surface area contributed by atoms with Gasteiger partial charge >= 0.3 is 0 Å². The van der Waals surface area contributed by atoms with Gasteiger partial charge < -0.3 is 10.0 Å². The first-order valence-corrected chi connectivity index (χ1v) is 7.65. The lowest BCUT2D eigenvalue weighted by Gasteiger charge is -2.16. The second-order valence-electron chi connectivity index (χ2n) is 5.05. The molecular weight excluding hydrogens is 332 g/mol. The Labute approximate surface area is 144 Å². The molecule has 0 spiro atoms. The highest BCUT2D eigenvalue weighted by atomic mass is 35.5. The Balaban J connectivity index is 2.04. The summed E-state index contributed by atoms with van der Waals surface area (Å²) in [6, 6.07) is 13.9. The SMILES string of the molecule is CN1C(=S)N(c2ccccc2)C(=O)/C1=C/c1cc(Cl)ccc1O. The van der Waals surface area contributed by atoms with Crippen LogP contribution in [-0.4, -0.2) is 28.1 Å². The minimum Gasteiger partial charge on any atom is -0.507 e. The first-order chi connectivity index (χ1) is 11.0. The number of carbonyl (C=O) groups is 1. The Kier molecular flexibility index (Phi) is 4.07. The number of likely N-dealkylation sites (N-methyl/N-ethyl adjacent to an activating group) is 1. The third-order valence-electron chi connectivity index (χ3n) is 3.56. The van der Waals surface area contributed by atoms with Gasteiger partial charge in [-0.15, -0.1) is 0 Å². The molecule has 0 aliphatic carbocycles. The Morgan fingerprint density at radius 1 is 1.17 bits per heavy atom. The smallest absolute Gasteiger partial charge is 0.281 e. The minimum atomic E-state index is -0.247. The molecule has 1 aliphatic heterocycles. The lowest BCUT2D eigenvalue weighted by atomic mass is 10.1. The number of rotatable bonds is 2. The summed E-state index contributed by atoms with van der Waals surface area (Å²) in [7, 11) is 1.72. The summed E-state index contributed by atoms with van der Waals surface area (Å²) in [4.78, 5) is 15.8. The molecule has 4 nitrogen and oxygen atoms in total. The van der Waals surface area contributed by atoms with Gasteiger partial charge in [-0.2, -0.15) is 0 Å². The Morgan fingerprint density at radius 3 is 2.57 bits per heavy atom. The van der Waals surface area contributed by atoms with Crippen molar-refractivity contribution in [3.05, 3.63) is 64.8 Å². The van der Waals surface area contributed by atoms with Crippen LogP contribution in [0.15, 0.2) is 54.2 Å². The summed E-state index contributed by atoms with van der Waals surface area (Å²) in [5.41, 5.74) is 1.54. The standard InChI is InChI=1S/C17H13ClN2O2S/c1-19-14(10-11-9-12(18)7-8-15(11)21)16(22)20(17(19)23)13-5-3-2-4-6-13/h2-10,21H,1H3/b14-10-. The van der Waals surface area contributed by atoms with E-state index >= 15 is 0 Å². The Bertz CT molecular complexity index is 821. The number of para-hydroxylation sites is 1. The maximum Gasteiger partial charge on any atom is 0.281 e. The maximum atomic E-state index is 12.7. The zero-order chi connectivity index (χ0) is 16.6. The number of halogens is 1. The van der Waals surface area contributed by atoms with Crippen LogP contribution in [0.5, 0.6) is 5.75 Å². The zero-order valence-corrected chi connectivity index (χ0v) is 13.8. The topological polar surface area (TPSA) is 43.8 Å². The molecule has 2 aromatic rings. The van der Waals surface area contributed by atoms with Gasteiger partial charge in [0.25, 0.3) is 5.91 Å². The fraction of sp³-hybridized carbons (Fsp3) is 0.0588. The number of thiocarbonyl (C=S) groups is 1. The molecule has 0 unspecified atom stereocenters. The van der Waals surface area contributed by atoms with Gasteiger partial charge in [0, 0.05) is 17.6 Å². The average molecular weight is 345 g/mol. The maximum absolute atomic E-state index is 12.7. The first-order valence-electron chi connectivity index (χ1n) is 6.86. The number of hydrogen-bond donors (Lipinski definition) is 1. The highest BCUT2D eigenvalue weighted by Crippen LogP contribution is 2.30.